The maximum Gasteiger partial charge on any atom is 0.335 e. The summed E-state index contributed by atoms with van der Waals surface area (Å²) < 4.78 is 15.5. The Morgan fingerprint density at radius 1 is 1.27 bits per heavy atom. The molecule has 0 unspecified atom stereocenters. The molecule has 142 valence electrons. The van der Waals surface area contributed by atoms with Crippen molar-refractivity contribution in [1.82, 2.24) is 5.32 Å². The first-order chi connectivity index (χ1) is 12.4. The topological polar surface area (TPSA) is 118 Å². The van der Waals surface area contributed by atoms with Crippen molar-refractivity contribution >= 4 is 11.9 Å². The predicted octanol–water partition coefficient (Wildman–Crippen LogP) is 1.20. The average Bonchev–Trinajstić information content (AvgIpc) is 2.64. The minimum absolute atomic E-state index is 0.0217. The van der Waals surface area contributed by atoms with Gasteiger partial charge in [0.1, 0.15) is 0 Å². The summed E-state index contributed by atoms with van der Waals surface area (Å²) in [5.74, 6) is -1.52. The number of hydrogen-bond donors (Lipinski definition) is 2. The third-order valence-electron chi connectivity index (χ3n) is 3.90. The van der Waals surface area contributed by atoms with E-state index in [-0.39, 0.29) is 13.0 Å². The number of nitriles is 1. The van der Waals surface area contributed by atoms with Gasteiger partial charge in [-0.3, -0.25) is 4.79 Å². The first-order valence-corrected chi connectivity index (χ1v) is 8.02. The summed E-state index contributed by atoms with van der Waals surface area (Å²) in [7, 11) is 2.85. The van der Waals surface area contributed by atoms with Gasteiger partial charge < -0.3 is 24.6 Å². The van der Waals surface area contributed by atoms with Crippen LogP contribution in [0.25, 0.3) is 0 Å². The molecule has 0 saturated carbocycles. The van der Waals surface area contributed by atoms with Crippen LogP contribution in [-0.2, 0) is 19.0 Å². The number of rotatable bonds is 11. The third-order valence-corrected chi connectivity index (χ3v) is 3.90. The molecule has 0 aliphatic rings. The van der Waals surface area contributed by atoms with Gasteiger partial charge in [-0.05, 0) is 31.2 Å². The Morgan fingerprint density at radius 3 is 2.42 bits per heavy atom. The van der Waals surface area contributed by atoms with Gasteiger partial charge in [-0.15, -0.1) is 0 Å². The first-order valence-electron chi connectivity index (χ1n) is 8.02. The highest BCUT2D eigenvalue weighted by Crippen LogP contribution is 2.18. The summed E-state index contributed by atoms with van der Waals surface area (Å²) in [6.07, 6.45) is 0.0217. The highest BCUT2D eigenvalue weighted by Gasteiger charge is 2.36. The zero-order valence-corrected chi connectivity index (χ0v) is 15.2. The minimum Gasteiger partial charge on any atom is -0.479 e. The number of ether oxygens (including phenoxy) is 3. The van der Waals surface area contributed by atoms with Crippen molar-refractivity contribution in [3.05, 3.63) is 35.4 Å². The molecular formula is C18H24N2O6. The fourth-order valence-corrected chi connectivity index (χ4v) is 2.21. The summed E-state index contributed by atoms with van der Waals surface area (Å²) >= 11 is 0. The second-order valence-corrected chi connectivity index (χ2v) is 5.87. The van der Waals surface area contributed by atoms with E-state index >= 15 is 0 Å². The highest BCUT2D eigenvalue weighted by molar-refractivity contribution is 5.94. The molecule has 2 atom stereocenters. The molecule has 0 aliphatic carbocycles. The molecule has 26 heavy (non-hydrogen) atoms. The fourth-order valence-electron chi connectivity index (χ4n) is 2.21. The molecule has 0 aromatic heterocycles. The number of carboxylic acids is 1. The normalized spacial score (nSPS) is 14.1. The molecule has 0 fully saturated rings. The molecule has 8 nitrogen and oxygen atoms in total. The molecule has 1 aromatic carbocycles. The number of amides is 1. The number of methoxy groups -OCH3 is 2. The highest BCUT2D eigenvalue weighted by atomic mass is 16.5. The largest absolute Gasteiger partial charge is 0.479 e. The third kappa shape index (κ3) is 6.44. The van der Waals surface area contributed by atoms with Crippen molar-refractivity contribution in [1.29, 1.82) is 5.26 Å². The van der Waals surface area contributed by atoms with E-state index in [1.807, 2.05) is 6.07 Å². The molecule has 0 saturated heterocycles. The quantitative estimate of drug-likeness (QED) is 0.566. The zero-order valence-electron chi connectivity index (χ0n) is 15.2. The smallest absolute Gasteiger partial charge is 0.335 e. The van der Waals surface area contributed by atoms with Crippen LogP contribution < -0.4 is 5.32 Å². The van der Waals surface area contributed by atoms with Crippen molar-refractivity contribution in [2.75, 3.05) is 34.0 Å². The Labute approximate surface area is 152 Å². The van der Waals surface area contributed by atoms with Crippen LogP contribution in [-0.4, -0.2) is 62.7 Å². The van der Waals surface area contributed by atoms with Crippen LogP contribution in [0.5, 0.6) is 0 Å². The zero-order chi connectivity index (χ0) is 19.6. The van der Waals surface area contributed by atoms with E-state index in [1.54, 1.807) is 7.11 Å². The van der Waals surface area contributed by atoms with Gasteiger partial charge in [0.25, 0.3) is 5.91 Å². The van der Waals surface area contributed by atoms with Crippen LogP contribution in [0.1, 0.15) is 29.3 Å². The standard InChI is InChI=1S/C18H24N2O6/c1-18(25-3,17(22)23)10-15(12-26-9-8-24-2)20-16(21)14-6-4-13(11-19)5-7-14/h4-7,15H,8-10,12H2,1-3H3,(H,20,21)(H,22,23)/t15-,18-/m0/s1. The molecule has 0 bridgehead atoms. The number of carbonyl (C=O) groups is 2. The van der Waals surface area contributed by atoms with Gasteiger partial charge in [0.2, 0.25) is 0 Å². The SMILES string of the molecule is COCCOC[C@H](C[C@](C)(OC)C(=O)O)NC(=O)c1ccc(C#N)cc1. The summed E-state index contributed by atoms with van der Waals surface area (Å²) in [6.45, 7) is 2.25. The van der Waals surface area contributed by atoms with Gasteiger partial charge >= 0.3 is 5.97 Å². The van der Waals surface area contributed by atoms with E-state index in [0.29, 0.717) is 24.3 Å². The van der Waals surface area contributed by atoms with Crippen molar-refractivity contribution in [2.45, 2.75) is 25.0 Å². The van der Waals surface area contributed by atoms with E-state index in [4.69, 9.17) is 19.5 Å². The molecule has 0 aliphatic heterocycles. The van der Waals surface area contributed by atoms with Crippen LogP contribution in [0, 0.1) is 11.3 Å². The summed E-state index contributed by atoms with van der Waals surface area (Å²) in [5, 5.41) is 20.9. The Kier molecular flexibility index (Phi) is 8.72. The predicted molar refractivity (Wildman–Crippen MR) is 92.8 cm³/mol. The molecule has 8 heteroatoms. The van der Waals surface area contributed by atoms with Gasteiger partial charge in [-0.2, -0.15) is 5.26 Å². The maximum atomic E-state index is 12.4. The van der Waals surface area contributed by atoms with Crippen LogP contribution in [0.4, 0.5) is 0 Å². The number of hydrogen-bond acceptors (Lipinski definition) is 6. The van der Waals surface area contributed by atoms with Crippen LogP contribution >= 0.6 is 0 Å². The van der Waals surface area contributed by atoms with Crippen molar-refractivity contribution in [3.8, 4) is 6.07 Å². The molecule has 2 N–H and O–H groups in total. The van der Waals surface area contributed by atoms with Crippen molar-refractivity contribution in [2.24, 2.45) is 0 Å². The Morgan fingerprint density at radius 2 is 1.92 bits per heavy atom. The molecule has 0 radical (unpaired) electrons. The molecule has 1 aromatic rings. The lowest BCUT2D eigenvalue weighted by molar-refractivity contribution is -0.162. The van der Waals surface area contributed by atoms with E-state index < -0.39 is 23.5 Å². The summed E-state index contributed by atoms with van der Waals surface area (Å²) in [6, 6.07) is 7.53. The van der Waals surface area contributed by atoms with E-state index in [0.717, 1.165) is 0 Å². The lowest BCUT2D eigenvalue weighted by atomic mass is 9.96. The summed E-state index contributed by atoms with van der Waals surface area (Å²) in [5.41, 5.74) is -0.660. The Hall–Kier alpha value is -2.47. The number of nitrogens with one attached hydrogen (secondary N) is 1. The number of carbonyl (C=O) groups excluding carboxylic acids is 1. The number of carboxylic acid groups (broad SMARTS) is 1. The Balaban J connectivity index is 2.83. The lowest BCUT2D eigenvalue weighted by Crippen LogP contribution is -2.48. The van der Waals surface area contributed by atoms with Gasteiger partial charge in [0, 0.05) is 26.2 Å². The van der Waals surface area contributed by atoms with E-state index in [9.17, 15) is 14.7 Å². The number of aliphatic carboxylic acids is 1. The van der Waals surface area contributed by atoms with Crippen LogP contribution in [0.2, 0.25) is 0 Å². The molecule has 0 heterocycles. The van der Waals surface area contributed by atoms with Crippen LogP contribution in [0.15, 0.2) is 24.3 Å². The monoisotopic (exact) mass is 364 g/mol. The lowest BCUT2D eigenvalue weighted by Gasteiger charge is -2.29. The molecule has 1 amide bonds. The van der Waals surface area contributed by atoms with Crippen LogP contribution in [0.3, 0.4) is 0 Å². The maximum absolute atomic E-state index is 12.4. The van der Waals surface area contributed by atoms with Gasteiger partial charge in [0.15, 0.2) is 5.60 Å². The summed E-state index contributed by atoms with van der Waals surface area (Å²) in [4.78, 5) is 23.9. The van der Waals surface area contributed by atoms with E-state index in [1.165, 1.54) is 38.3 Å². The fraction of sp³-hybridized carbons (Fsp3) is 0.500. The molecular weight excluding hydrogens is 340 g/mol. The molecule has 0 spiro atoms. The van der Waals surface area contributed by atoms with Crippen molar-refractivity contribution in [3.63, 3.8) is 0 Å². The van der Waals surface area contributed by atoms with Crippen molar-refractivity contribution < 1.29 is 28.9 Å². The van der Waals surface area contributed by atoms with Gasteiger partial charge in [0.05, 0.1) is 37.5 Å². The van der Waals surface area contributed by atoms with Gasteiger partial charge in [-0.25, -0.2) is 4.79 Å². The second-order valence-electron chi connectivity index (χ2n) is 5.87. The van der Waals surface area contributed by atoms with Gasteiger partial charge in [-0.1, -0.05) is 0 Å². The number of benzene rings is 1. The number of nitrogens with zero attached hydrogens (tertiary/aromatic N) is 1. The average molecular weight is 364 g/mol. The molecule has 1 rings (SSSR count). The Bertz CT molecular complexity index is 640. The first kappa shape index (κ1) is 21.6. The minimum atomic E-state index is -1.47. The second kappa shape index (κ2) is 10.5. The van der Waals surface area contributed by atoms with E-state index in [2.05, 4.69) is 5.32 Å².